The molecule has 2 aromatic carbocycles. The van der Waals surface area contributed by atoms with E-state index in [1.807, 2.05) is 30.3 Å². The number of halogens is 1. The molecule has 1 fully saturated rings. The maximum atomic E-state index is 12.2. The van der Waals surface area contributed by atoms with Crippen molar-refractivity contribution in [3.63, 3.8) is 0 Å². The normalized spacial score (nSPS) is 13.5. The van der Waals surface area contributed by atoms with E-state index in [1.165, 1.54) is 17.3 Å². The highest BCUT2D eigenvalue weighted by molar-refractivity contribution is 7.99. The Morgan fingerprint density at radius 2 is 1.82 bits per heavy atom. The molecule has 0 radical (unpaired) electrons. The highest BCUT2D eigenvalue weighted by Gasteiger charge is 2.30. The third kappa shape index (κ3) is 4.94. The smallest absolute Gasteiger partial charge is 0.316 e. The van der Waals surface area contributed by atoms with Gasteiger partial charge in [0.05, 0.1) is 12.3 Å². The first-order valence-corrected chi connectivity index (χ1v) is 10.6. The van der Waals surface area contributed by atoms with Crippen LogP contribution in [0.25, 0.3) is 0 Å². The van der Waals surface area contributed by atoms with E-state index in [0.29, 0.717) is 17.5 Å². The number of thioether (sulfide) groups is 1. The van der Waals surface area contributed by atoms with Crippen molar-refractivity contribution in [3.05, 3.63) is 76.6 Å². The molecule has 28 heavy (non-hydrogen) atoms. The first-order valence-electron chi connectivity index (χ1n) is 9.19. The molecule has 144 valence electrons. The second-order valence-corrected chi connectivity index (χ2v) is 8.14. The van der Waals surface area contributed by atoms with Crippen molar-refractivity contribution >= 4 is 29.3 Å². The first-order chi connectivity index (χ1) is 13.7. The van der Waals surface area contributed by atoms with E-state index in [4.69, 9.17) is 16.3 Å². The Balaban J connectivity index is 1.37. The van der Waals surface area contributed by atoms with Crippen molar-refractivity contribution in [2.45, 2.75) is 37.1 Å². The van der Waals surface area contributed by atoms with Gasteiger partial charge in [0.15, 0.2) is 5.16 Å². The summed E-state index contributed by atoms with van der Waals surface area (Å²) in [7, 11) is 0. The number of nitrogens with zero attached hydrogens (tertiary/aromatic N) is 3. The van der Waals surface area contributed by atoms with Crippen molar-refractivity contribution in [1.29, 1.82) is 0 Å². The predicted octanol–water partition coefficient (Wildman–Crippen LogP) is 4.69. The number of carbonyl (C=O) groups is 1. The lowest BCUT2D eigenvalue weighted by atomic mass is 10.2. The fraction of sp³-hybridized carbons (Fsp3) is 0.286. The summed E-state index contributed by atoms with van der Waals surface area (Å²) in [6.07, 6.45) is 2.31. The van der Waals surface area contributed by atoms with Gasteiger partial charge in [0.2, 0.25) is 0 Å². The molecule has 7 heteroatoms. The van der Waals surface area contributed by atoms with Gasteiger partial charge in [-0.05, 0) is 36.1 Å². The molecule has 1 aliphatic carbocycles. The van der Waals surface area contributed by atoms with Gasteiger partial charge in [-0.1, -0.05) is 65.8 Å². The Hall–Kier alpha value is -2.31. The molecule has 3 aromatic rings. The van der Waals surface area contributed by atoms with Crippen molar-refractivity contribution < 1.29 is 9.53 Å². The van der Waals surface area contributed by atoms with E-state index in [0.717, 1.165) is 29.4 Å². The van der Waals surface area contributed by atoms with E-state index >= 15 is 0 Å². The van der Waals surface area contributed by atoms with E-state index in [2.05, 4.69) is 26.9 Å². The fourth-order valence-electron chi connectivity index (χ4n) is 2.87. The molecule has 0 N–H and O–H groups in total. The number of esters is 1. The van der Waals surface area contributed by atoms with Crippen LogP contribution in [-0.4, -0.2) is 26.5 Å². The standard InChI is InChI=1S/C21H20ClN3O2S/c22-18-10-6-16(7-11-18)13-27-19(26)14-28-21-24-23-20(17-8-9-17)25(21)12-15-4-2-1-3-5-15/h1-7,10-11,17H,8-9,12-14H2. The third-order valence-electron chi connectivity index (χ3n) is 4.50. The van der Waals surface area contributed by atoms with E-state index in [9.17, 15) is 4.79 Å². The summed E-state index contributed by atoms with van der Waals surface area (Å²) in [5, 5.41) is 10.1. The van der Waals surface area contributed by atoms with Gasteiger partial charge in [-0.3, -0.25) is 4.79 Å². The molecule has 0 atom stereocenters. The Morgan fingerprint density at radius 1 is 1.07 bits per heavy atom. The molecule has 5 nitrogen and oxygen atoms in total. The quantitative estimate of drug-likeness (QED) is 0.396. The molecule has 0 amide bonds. The summed E-state index contributed by atoms with van der Waals surface area (Å²) in [6, 6.07) is 17.5. The number of rotatable bonds is 8. The number of ether oxygens (including phenoxy) is 1. The summed E-state index contributed by atoms with van der Waals surface area (Å²) in [6.45, 7) is 0.947. The van der Waals surface area contributed by atoms with Crippen LogP contribution in [-0.2, 0) is 22.7 Å². The number of carbonyl (C=O) groups excluding carboxylic acids is 1. The second kappa shape index (κ2) is 8.80. The number of benzene rings is 2. The minimum absolute atomic E-state index is 0.200. The molecule has 0 aliphatic heterocycles. The Morgan fingerprint density at radius 3 is 2.54 bits per heavy atom. The zero-order valence-electron chi connectivity index (χ0n) is 15.3. The van der Waals surface area contributed by atoms with Crippen molar-refractivity contribution in [2.75, 3.05) is 5.75 Å². The van der Waals surface area contributed by atoms with E-state index < -0.39 is 0 Å². The lowest BCUT2D eigenvalue weighted by Gasteiger charge is -2.10. The number of hydrogen-bond donors (Lipinski definition) is 0. The van der Waals surface area contributed by atoms with Crippen molar-refractivity contribution in [2.24, 2.45) is 0 Å². The number of hydrogen-bond acceptors (Lipinski definition) is 5. The van der Waals surface area contributed by atoms with Crippen LogP contribution in [0, 0.1) is 0 Å². The SMILES string of the molecule is O=C(CSc1nnc(C2CC2)n1Cc1ccccc1)OCc1ccc(Cl)cc1. The third-order valence-corrected chi connectivity index (χ3v) is 5.70. The van der Waals surface area contributed by atoms with Crippen LogP contribution in [0.5, 0.6) is 0 Å². The second-order valence-electron chi connectivity index (χ2n) is 6.76. The average molecular weight is 414 g/mol. The summed E-state index contributed by atoms with van der Waals surface area (Å²) < 4.78 is 7.48. The molecule has 0 bridgehead atoms. The molecule has 0 saturated heterocycles. The van der Waals surface area contributed by atoms with E-state index in [-0.39, 0.29) is 18.3 Å². The van der Waals surface area contributed by atoms with Crippen LogP contribution in [0.2, 0.25) is 5.02 Å². The number of aromatic nitrogens is 3. The maximum absolute atomic E-state index is 12.2. The first kappa shape index (κ1) is 19.0. The molecule has 1 aromatic heterocycles. The maximum Gasteiger partial charge on any atom is 0.316 e. The summed E-state index contributed by atoms with van der Waals surface area (Å²) in [4.78, 5) is 12.2. The van der Waals surface area contributed by atoms with Gasteiger partial charge in [0, 0.05) is 10.9 Å². The molecule has 0 spiro atoms. The molecule has 0 unspecified atom stereocenters. The van der Waals surface area contributed by atoms with Crippen LogP contribution in [0.1, 0.15) is 35.7 Å². The zero-order chi connectivity index (χ0) is 19.3. The highest BCUT2D eigenvalue weighted by Crippen LogP contribution is 2.40. The van der Waals surface area contributed by atoms with Gasteiger partial charge in [-0.2, -0.15) is 0 Å². The van der Waals surface area contributed by atoms with Crippen LogP contribution < -0.4 is 0 Å². The molecule has 1 heterocycles. The van der Waals surface area contributed by atoms with Crippen LogP contribution >= 0.6 is 23.4 Å². The summed E-state index contributed by atoms with van der Waals surface area (Å²) >= 11 is 7.24. The molecule has 1 saturated carbocycles. The Labute approximate surface area is 173 Å². The molecular formula is C21H20ClN3O2S. The summed E-state index contributed by atoms with van der Waals surface area (Å²) in [5.74, 6) is 1.43. The van der Waals surface area contributed by atoms with Gasteiger partial charge in [-0.15, -0.1) is 10.2 Å². The van der Waals surface area contributed by atoms with Crippen molar-refractivity contribution in [3.8, 4) is 0 Å². The van der Waals surface area contributed by atoms with Crippen LogP contribution in [0.15, 0.2) is 59.8 Å². The Kier molecular flexibility index (Phi) is 5.98. The predicted molar refractivity (Wildman–Crippen MR) is 110 cm³/mol. The topological polar surface area (TPSA) is 57.0 Å². The highest BCUT2D eigenvalue weighted by atomic mass is 35.5. The minimum Gasteiger partial charge on any atom is -0.460 e. The lowest BCUT2D eigenvalue weighted by Crippen LogP contribution is -2.10. The lowest BCUT2D eigenvalue weighted by molar-refractivity contribution is -0.141. The molecule has 4 rings (SSSR count). The molecule has 1 aliphatic rings. The van der Waals surface area contributed by atoms with Crippen LogP contribution in [0.4, 0.5) is 0 Å². The van der Waals surface area contributed by atoms with Crippen LogP contribution in [0.3, 0.4) is 0 Å². The largest absolute Gasteiger partial charge is 0.460 e. The monoisotopic (exact) mass is 413 g/mol. The Bertz CT molecular complexity index is 940. The zero-order valence-corrected chi connectivity index (χ0v) is 16.8. The average Bonchev–Trinajstić information content (AvgIpc) is 3.48. The minimum atomic E-state index is -0.276. The van der Waals surface area contributed by atoms with Gasteiger partial charge >= 0.3 is 5.97 Å². The van der Waals surface area contributed by atoms with Crippen molar-refractivity contribution in [1.82, 2.24) is 14.8 Å². The summed E-state index contributed by atoms with van der Waals surface area (Å²) in [5.41, 5.74) is 2.10. The van der Waals surface area contributed by atoms with E-state index in [1.54, 1.807) is 12.1 Å². The van der Waals surface area contributed by atoms with Gasteiger partial charge in [0.1, 0.15) is 12.4 Å². The fourth-order valence-corrected chi connectivity index (χ4v) is 3.74. The molecular weight excluding hydrogens is 394 g/mol. The van der Waals surface area contributed by atoms with Gasteiger partial charge < -0.3 is 9.30 Å². The van der Waals surface area contributed by atoms with Gasteiger partial charge in [0.25, 0.3) is 0 Å². The van der Waals surface area contributed by atoms with Gasteiger partial charge in [-0.25, -0.2) is 0 Å².